The minimum Gasteiger partial charge on any atom is -0.361 e. The number of aryl methyl sites for hydroxylation is 1. The zero-order valence-corrected chi connectivity index (χ0v) is 9.33. The first-order valence-corrected chi connectivity index (χ1v) is 5.04. The van der Waals surface area contributed by atoms with Gasteiger partial charge in [0.2, 0.25) is 0 Å². The van der Waals surface area contributed by atoms with Gasteiger partial charge >= 0.3 is 6.18 Å². The number of aromatic nitrogens is 1. The summed E-state index contributed by atoms with van der Waals surface area (Å²) >= 11 is 2.95. The van der Waals surface area contributed by atoms with Gasteiger partial charge in [0.25, 0.3) is 0 Å². The molecule has 1 nitrogen and oxygen atoms in total. The normalized spacial score (nSPS) is 12.3. The van der Waals surface area contributed by atoms with Gasteiger partial charge in [0, 0.05) is 21.6 Å². The van der Waals surface area contributed by atoms with Gasteiger partial charge in [-0.15, -0.1) is 0 Å². The van der Waals surface area contributed by atoms with Crippen molar-refractivity contribution in [3.05, 3.63) is 33.9 Å². The lowest BCUT2D eigenvalue weighted by Gasteiger charge is -2.13. The van der Waals surface area contributed by atoms with E-state index in [1.165, 1.54) is 13.0 Å². The zero-order valence-electron chi connectivity index (χ0n) is 7.74. The lowest BCUT2D eigenvalue weighted by atomic mass is 10.1. The molecule has 2 aromatic rings. The molecule has 0 aliphatic carbocycles. The number of benzene rings is 1. The fourth-order valence-corrected chi connectivity index (χ4v) is 2.46. The smallest absolute Gasteiger partial charge is 0.361 e. The molecule has 0 bridgehead atoms. The molecule has 1 aromatic carbocycles. The molecule has 0 saturated heterocycles. The van der Waals surface area contributed by atoms with E-state index < -0.39 is 11.7 Å². The van der Waals surface area contributed by atoms with Gasteiger partial charge in [-0.25, -0.2) is 0 Å². The van der Waals surface area contributed by atoms with E-state index in [1.54, 1.807) is 12.3 Å². The maximum Gasteiger partial charge on any atom is 0.417 e. The Bertz CT molecular complexity index is 513. The summed E-state index contributed by atoms with van der Waals surface area (Å²) in [6, 6.07) is 3.22. The van der Waals surface area contributed by atoms with Crippen LogP contribution >= 0.6 is 15.9 Å². The standard InChI is InChI=1S/C10H7BrF3N/c1-5-8(10(12,13)14)7(11)4-6-2-3-15-9(5)6/h2-4,15H,1H3. The maximum atomic E-state index is 12.7. The van der Waals surface area contributed by atoms with Gasteiger partial charge in [-0.2, -0.15) is 13.2 Å². The molecule has 5 heteroatoms. The molecule has 0 atom stereocenters. The SMILES string of the molecule is Cc1c(C(F)(F)F)c(Br)cc2cc[nH]c12. The van der Waals surface area contributed by atoms with Crippen LogP contribution in [0.2, 0.25) is 0 Å². The molecular weight excluding hydrogens is 271 g/mol. The topological polar surface area (TPSA) is 15.8 Å². The molecule has 0 radical (unpaired) electrons. The van der Waals surface area contributed by atoms with E-state index in [4.69, 9.17) is 0 Å². The van der Waals surface area contributed by atoms with Crippen LogP contribution in [0.4, 0.5) is 13.2 Å². The molecule has 0 aliphatic heterocycles. The third-order valence-electron chi connectivity index (χ3n) is 2.33. The number of hydrogen-bond acceptors (Lipinski definition) is 0. The van der Waals surface area contributed by atoms with Crippen LogP contribution in [-0.2, 0) is 6.18 Å². The molecule has 0 unspecified atom stereocenters. The molecule has 0 saturated carbocycles. The average Bonchev–Trinajstić information content (AvgIpc) is 2.48. The van der Waals surface area contributed by atoms with E-state index in [1.807, 2.05) is 0 Å². The van der Waals surface area contributed by atoms with Gasteiger partial charge in [0.05, 0.1) is 5.56 Å². The number of alkyl halides is 3. The van der Waals surface area contributed by atoms with Crippen molar-refractivity contribution in [2.75, 3.05) is 0 Å². The Morgan fingerprint density at radius 2 is 2.00 bits per heavy atom. The molecule has 0 amide bonds. The molecule has 80 valence electrons. The number of halogens is 4. The van der Waals surface area contributed by atoms with E-state index in [9.17, 15) is 13.2 Å². The van der Waals surface area contributed by atoms with E-state index >= 15 is 0 Å². The summed E-state index contributed by atoms with van der Waals surface area (Å²) < 4.78 is 38.2. The van der Waals surface area contributed by atoms with Crippen LogP contribution in [0, 0.1) is 6.92 Å². The highest BCUT2D eigenvalue weighted by Gasteiger charge is 2.35. The zero-order chi connectivity index (χ0) is 11.2. The van der Waals surface area contributed by atoms with Crippen molar-refractivity contribution in [1.29, 1.82) is 0 Å². The molecule has 0 aliphatic rings. The van der Waals surface area contributed by atoms with E-state index in [2.05, 4.69) is 20.9 Å². The number of rotatable bonds is 0. The minimum absolute atomic E-state index is 0.0830. The van der Waals surface area contributed by atoms with Crippen molar-refractivity contribution in [1.82, 2.24) is 4.98 Å². The summed E-state index contributed by atoms with van der Waals surface area (Å²) in [5.74, 6) is 0. The van der Waals surface area contributed by atoms with Crippen molar-refractivity contribution in [3.63, 3.8) is 0 Å². The highest BCUT2D eigenvalue weighted by molar-refractivity contribution is 9.10. The van der Waals surface area contributed by atoms with Gasteiger partial charge in [-0.05, 0) is 24.6 Å². The Hall–Kier alpha value is -0.970. The van der Waals surface area contributed by atoms with Crippen LogP contribution < -0.4 is 0 Å². The van der Waals surface area contributed by atoms with E-state index in [0.717, 1.165) is 5.39 Å². The second-order valence-electron chi connectivity index (χ2n) is 3.30. The fraction of sp³-hybridized carbons (Fsp3) is 0.200. The summed E-state index contributed by atoms with van der Waals surface area (Å²) in [7, 11) is 0. The van der Waals surface area contributed by atoms with Gasteiger partial charge in [-0.1, -0.05) is 15.9 Å². The van der Waals surface area contributed by atoms with Crippen molar-refractivity contribution < 1.29 is 13.2 Å². The number of hydrogen-bond donors (Lipinski definition) is 1. The van der Waals surface area contributed by atoms with Crippen molar-refractivity contribution in [3.8, 4) is 0 Å². The molecule has 1 heterocycles. The summed E-state index contributed by atoms with van der Waals surface area (Å²) in [4.78, 5) is 2.81. The minimum atomic E-state index is -4.33. The lowest BCUT2D eigenvalue weighted by molar-refractivity contribution is -0.138. The first-order valence-electron chi connectivity index (χ1n) is 4.24. The largest absolute Gasteiger partial charge is 0.417 e. The van der Waals surface area contributed by atoms with E-state index in [-0.39, 0.29) is 10.0 Å². The van der Waals surface area contributed by atoms with Gasteiger partial charge in [-0.3, -0.25) is 0 Å². The van der Waals surface area contributed by atoms with Crippen LogP contribution in [0.1, 0.15) is 11.1 Å². The van der Waals surface area contributed by atoms with Crippen molar-refractivity contribution in [2.24, 2.45) is 0 Å². The summed E-state index contributed by atoms with van der Waals surface area (Å²) in [6.45, 7) is 1.46. The van der Waals surface area contributed by atoms with Gasteiger partial charge < -0.3 is 4.98 Å². The number of H-pyrrole nitrogens is 1. The second-order valence-corrected chi connectivity index (χ2v) is 4.15. The monoisotopic (exact) mass is 277 g/mol. The molecule has 0 fully saturated rings. The molecule has 0 spiro atoms. The van der Waals surface area contributed by atoms with Crippen LogP contribution in [0.5, 0.6) is 0 Å². The Labute approximate surface area is 92.4 Å². The molecule has 1 aromatic heterocycles. The first kappa shape index (κ1) is 10.5. The number of aromatic amines is 1. The van der Waals surface area contributed by atoms with Crippen LogP contribution in [0.3, 0.4) is 0 Å². The number of fused-ring (bicyclic) bond motifs is 1. The van der Waals surface area contributed by atoms with Crippen LogP contribution in [0.25, 0.3) is 10.9 Å². The molecule has 2 rings (SSSR count). The third kappa shape index (κ3) is 1.65. The predicted octanol–water partition coefficient (Wildman–Crippen LogP) is 4.26. The Morgan fingerprint density at radius 3 is 2.60 bits per heavy atom. The molecular formula is C10H7BrF3N. The Balaban J connectivity index is 2.84. The maximum absolute atomic E-state index is 12.7. The Kier molecular flexibility index (Phi) is 2.30. The molecule has 1 N–H and O–H groups in total. The van der Waals surface area contributed by atoms with E-state index in [0.29, 0.717) is 5.52 Å². The highest BCUT2D eigenvalue weighted by Crippen LogP contribution is 2.39. The van der Waals surface area contributed by atoms with Gasteiger partial charge in [0.15, 0.2) is 0 Å². The lowest BCUT2D eigenvalue weighted by Crippen LogP contribution is -2.08. The average molecular weight is 278 g/mol. The quantitative estimate of drug-likeness (QED) is 0.741. The summed E-state index contributed by atoms with van der Waals surface area (Å²) in [5, 5.41) is 0.771. The van der Waals surface area contributed by atoms with Crippen LogP contribution in [-0.4, -0.2) is 4.98 Å². The summed E-state index contributed by atoms with van der Waals surface area (Å²) in [5.41, 5.74) is 0.139. The number of nitrogens with one attached hydrogen (secondary N) is 1. The Morgan fingerprint density at radius 1 is 1.33 bits per heavy atom. The van der Waals surface area contributed by atoms with Crippen molar-refractivity contribution >= 4 is 26.8 Å². The second kappa shape index (κ2) is 3.27. The van der Waals surface area contributed by atoms with Gasteiger partial charge in [0.1, 0.15) is 0 Å². The predicted molar refractivity (Wildman–Crippen MR) is 55.7 cm³/mol. The first-order chi connectivity index (χ1) is 6.91. The fourth-order valence-electron chi connectivity index (χ4n) is 1.69. The third-order valence-corrected chi connectivity index (χ3v) is 2.96. The van der Waals surface area contributed by atoms with Crippen LogP contribution in [0.15, 0.2) is 22.8 Å². The van der Waals surface area contributed by atoms with Crippen molar-refractivity contribution in [2.45, 2.75) is 13.1 Å². The molecule has 15 heavy (non-hydrogen) atoms. The summed E-state index contributed by atoms with van der Waals surface area (Å²) in [6.07, 6.45) is -2.70. The highest BCUT2D eigenvalue weighted by atomic mass is 79.9.